The van der Waals surface area contributed by atoms with Gasteiger partial charge < -0.3 is 10.7 Å². The van der Waals surface area contributed by atoms with Gasteiger partial charge in [0.25, 0.3) is 5.56 Å². The van der Waals surface area contributed by atoms with Crippen LogP contribution in [0.4, 0.5) is 5.82 Å². The maximum absolute atomic E-state index is 12.6. The van der Waals surface area contributed by atoms with E-state index >= 15 is 0 Å². The molecule has 0 aromatic carbocycles. The van der Waals surface area contributed by atoms with Crippen molar-refractivity contribution in [1.82, 2.24) is 14.1 Å². The van der Waals surface area contributed by atoms with Crippen LogP contribution < -0.4 is 17.0 Å². The lowest BCUT2D eigenvalue weighted by molar-refractivity contribution is 0.522. The van der Waals surface area contributed by atoms with Crippen molar-refractivity contribution in [1.29, 1.82) is 0 Å². The van der Waals surface area contributed by atoms with Crippen LogP contribution in [0.15, 0.2) is 15.7 Å². The SMILES string of the molecule is Nc1cc2c([nH]1)c(=O)n(CC1CC1)c(=O)n2CC1CC1. The van der Waals surface area contributed by atoms with E-state index in [2.05, 4.69) is 4.98 Å². The van der Waals surface area contributed by atoms with Crippen molar-refractivity contribution in [2.24, 2.45) is 11.8 Å². The first-order chi connectivity index (χ1) is 9.63. The van der Waals surface area contributed by atoms with Crippen LogP contribution in [0.1, 0.15) is 25.7 Å². The van der Waals surface area contributed by atoms with Crippen molar-refractivity contribution >= 4 is 16.9 Å². The Balaban J connectivity index is 1.95. The fraction of sp³-hybridized carbons (Fsp3) is 0.571. The third-order valence-electron chi connectivity index (χ3n) is 4.30. The van der Waals surface area contributed by atoms with Crippen molar-refractivity contribution in [3.05, 3.63) is 26.9 Å². The summed E-state index contributed by atoms with van der Waals surface area (Å²) in [6.07, 6.45) is 4.55. The van der Waals surface area contributed by atoms with Crippen molar-refractivity contribution in [2.75, 3.05) is 5.73 Å². The molecule has 0 unspecified atom stereocenters. The van der Waals surface area contributed by atoms with Crippen LogP contribution in [-0.2, 0) is 13.1 Å². The van der Waals surface area contributed by atoms with Gasteiger partial charge in [0.1, 0.15) is 11.3 Å². The second kappa shape index (κ2) is 4.01. The molecule has 0 atom stereocenters. The molecule has 6 heteroatoms. The molecule has 4 rings (SSSR count). The van der Waals surface area contributed by atoms with Crippen molar-refractivity contribution in [3.63, 3.8) is 0 Å². The van der Waals surface area contributed by atoms with E-state index in [1.807, 2.05) is 0 Å². The molecule has 3 N–H and O–H groups in total. The number of nitrogens with one attached hydrogen (secondary N) is 1. The predicted molar refractivity (Wildman–Crippen MR) is 76.7 cm³/mol. The summed E-state index contributed by atoms with van der Waals surface area (Å²) in [4.78, 5) is 28.0. The third-order valence-corrected chi connectivity index (χ3v) is 4.30. The molecule has 0 spiro atoms. The van der Waals surface area contributed by atoms with Crippen LogP contribution in [0.5, 0.6) is 0 Å². The van der Waals surface area contributed by atoms with E-state index in [0.717, 1.165) is 25.7 Å². The Kier molecular flexibility index (Phi) is 2.37. The number of anilines is 1. The van der Waals surface area contributed by atoms with Gasteiger partial charge >= 0.3 is 5.69 Å². The van der Waals surface area contributed by atoms with Crippen LogP contribution in [0.2, 0.25) is 0 Å². The van der Waals surface area contributed by atoms with Crippen molar-refractivity contribution in [2.45, 2.75) is 38.8 Å². The van der Waals surface area contributed by atoms with Crippen LogP contribution in [0, 0.1) is 11.8 Å². The average molecular weight is 274 g/mol. The first-order valence-corrected chi connectivity index (χ1v) is 7.25. The molecule has 2 heterocycles. The number of H-pyrrole nitrogens is 1. The lowest BCUT2D eigenvalue weighted by Crippen LogP contribution is -2.40. The van der Waals surface area contributed by atoms with Gasteiger partial charge in [0.2, 0.25) is 0 Å². The van der Waals surface area contributed by atoms with Gasteiger partial charge in [-0.1, -0.05) is 0 Å². The second-order valence-electron chi connectivity index (χ2n) is 6.18. The number of hydrogen-bond acceptors (Lipinski definition) is 3. The predicted octanol–water partition coefficient (Wildman–Crippen LogP) is 0.893. The maximum Gasteiger partial charge on any atom is 0.331 e. The zero-order valence-corrected chi connectivity index (χ0v) is 11.3. The largest absolute Gasteiger partial charge is 0.385 e. The molecule has 0 bridgehead atoms. The Labute approximate surface area is 115 Å². The molecule has 2 saturated carbocycles. The summed E-state index contributed by atoms with van der Waals surface area (Å²) in [5.41, 5.74) is 6.46. The summed E-state index contributed by atoms with van der Waals surface area (Å²) in [6, 6.07) is 1.70. The Morgan fingerprint density at radius 3 is 2.30 bits per heavy atom. The van der Waals surface area contributed by atoms with Crippen LogP contribution in [0.25, 0.3) is 11.0 Å². The summed E-state index contributed by atoms with van der Waals surface area (Å²) in [7, 11) is 0. The molecule has 106 valence electrons. The zero-order valence-electron chi connectivity index (χ0n) is 11.3. The Hall–Kier alpha value is -1.98. The molecule has 20 heavy (non-hydrogen) atoms. The highest BCUT2D eigenvalue weighted by Gasteiger charge is 2.27. The molecule has 0 amide bonds. The molecule has 2 aromatic heterocycles. The smallest absolute Gasteiger partial charge is 0.331 e. The van der Waals surface area contributed by atoms with E-state index in [-0.39, 0.29) is 11.2 Å². The normalized spacial score (nSPS) is 18.8. The molecule has 2 aromatic rings. The van der Waals surface area contributed by atoms with Crippen LogP contribution in [-0.4, -0.2) is 14.1 Å². The van der Waals surface area contributed by atoms with Gasteiger partial charge in [0, 0.05) is 19.2 Å². The molecule has 0 aliphatic heterocycles. The quantitative estimate of drug-likeness (QED) is 0.868. The highest BCUT2D eigenvalue weighted by Crippen LogP contribution is 2.32. The number of nitrogens with two attached hydrogens (primary N) is 1. The van der Waals surface area contributed by atoms with Gasteiger partial charge in [-0.15, -0.1) is 0 Å². The number of rotatable bonds is 4. The summed E-state index contributed by atoms with van der Waals surface area (Å²) in [6.45, 7) is 1.23. The molecule has 2 aliphatic carbocycles. The average Bonchev–Trinajstić information content (AvgIpc) is 3.31. The van der Waals surface area contributed by atoms with E-state index in [9.17, 15) is 9.59 Å². The molecule has 6 nitrogen and oxygen atoms in total. The number of nitrogen functional groups attached to an aromatic ring is 1. The fourth-order valence-corrected chi connectivity index (χ4v) is 2.77. The molecule has 2 fully saturated rings. The lowest BCUT2D eigenvalue weighted by Gasteiger charge is -2.11. The first-order valence-electron chi connectivity index (χ1n) is 7.25. The number of aromatic nitrogens is 3. The van der Waals surface area contributed by atoms with E-state index in [1.54, 1.807) is 10.6 Å². The molecule has 0 radical (unpaired) electrons. The van der Waals surface area contributed by atoms with Crippen molar-refractivity contribution < 1.29 is 0 Å². The highest BCUT2D eigenvalue weighted by molar-refractivity contribution is 5.79. The van der Waals surface area contributed by atoms with Gasteiger partial charge in [0.15, 0.2) is 0 Å². The third kappa shape index (κ3) is 1.87. The van der Waals surface area contributed by atoms with Gasteiger partial charge in [0.05, 0.1) is 5.52 Å². The highest BCUT2D eigenvalue weighted by atomic mass is 16.2. The zero-order chi connectivity index (χ0) is 13.9. The maximum atomic E-state index is 12.6. The van der Waals surface area contributed by atoms with E-state index in [1.165, 1.54) is 4.57 Å². The van der Waals surface area contributed by atoms with Gasteiger partial charge in [-0.25, -0.2) is 4.79 Å². The summed E-state index contributed by atoms with van der Waals surface area (Å²) < 4.78 is 3.11. The standard InChI is InChI=1S/C14H18N4O2/c15-11-5-10-12(16-11)13(19)18(7-9-3-4-9)14(20)17(10)6-8-1-2-8/h5,8-9,16H,1-4,6-7,15H2. The summed E-state index contributed by atoms with van der Waals surface area (Å²) in [5, 5.41) is 0. The molecule has 2 aliphatic rings. The minimum absolute atomic E-state index is 0.180. The Morgan fingerprint density at radius 1 is 1.10 bits per heavy atom. The monoisotopic (exact) mass is 274 g/mol. The number of hydrogen-bond donors (Lipinski definition) is 2. The molecular weight excluding hydrogens is 256 g/mol. The molecule has 0 saturated heterocycles. The Bertz CT molecular complexity index is 790. The van der Waals surface area contributed by atoms with Gasteiger partial charge in [-0.3, -0.25) is 13.9 Å². The van der Waals surface area contributed by atoms with Crippen LogP contribution in [0.3, 0.4) is 0 Å². The first kappa shape index (κ1) is 11.8. The topological polar surface area (TPSA) is 85.8 Å². The van der Waals surface area contributed by atoms with Crippen molar-refractivity contribution in [3.8, 4) is 0 Å². The Morgan fingerprint density at radius 2 is 1.70 bits per heavy atom. The second-order valence-corrected chi connectivity index (χ2v) is 6.18. The van der Waals surface area contributed by atoms with E-state index < -0.39 is 0 Å². The summed E-state index contributed by atoms with van der Waals surface area (Å²) in [5.74, 6) is 1.49. The minimum Gasteiger partial charge on any atom is -0.385 e. The molecular formula is C14H18N4O2. The van der Waals surface area contributed by atoms with E-state index in [4.69, 9.17) is 5.73 Å². The number of fused-ring (bicyclic) bond motifs is 1. The van der Waals surface area contributed by atoms with Gasteiger partial charge in [-0.2, -0.15) is 0 Å². The number of nitrogens with zero attached hydrogens (tertiary/aromatic N) is 2. The summed E-state index contributed by atoms with van der Waals surface area (Å²) >= 11 is 0. The fourth-order valence-electron chi connectivity index (χ4n) is 2.77. The van der Waals surface area contributed by atoms with E-state index in [0.29, 0.717) is 41.8 Å². The lowest BCUT2D eigenvalue weighted by atomic mass is 10.3. The van der Waals surface area contributed by atoms with Crippen LogP contribution >= 0.6 is 0 Å². The minimum atomic E-state index is -0.236. The van der Waals surface area contributed by atoms with Gasteiger partial charge in [-0.05, 0) is 37.5 Å². The number of aromatic amines is 1.